The summed E-state index contributed by atoms with van der Waals surface area (Å²) in [5.74, 6) is 0.607. The molecule has 1 aromatic carbocycles. The highest BCUT2D eigenvalue weighted by atomic mass is 16.6. The first-order valence-electron chi connectivity index (χ1n) is 7.41. The van der Waals surface area contributed by atoms with Crippen molar-refractivity contribution in [2.24, 2.45) is 0 Å². The molecule has 0 unspecified atom stereocenters. The van der Waals surface area contributed by atoms with Gasteiger partial charge in [0, 0.05) is 0 Å². The Kier molecular flexibility index (Phi) is 7.71. The van der Waals surface area contributed by atoms with Gasteiger partial charge < -0.3 is 33.2 Å². The van der Waals surface area contributed by atoms with E-state index in [2.05, 4.69) is 0 Å². The van der Waals surface area contributed by atoms with E-state index < -0.39 is 5.97 Å². The number of rotatable bonds is 9. The molecule has 0 saturated heterocycles. The number of methoxy groups -OCH3 is 6. The summed E-state index contributed by atoms with van der Waals surface area (Å²) in [5, 5.41) is 0. The van der Waals surface area contributed by atoms with E-state index in [0.717, 1.165) is 0 Å². The zero-order chi connectivity index (χ0) is 19.0. The molecule has 8 heteroatoms. The number of ether oxygens (including phenoxy) is 7. The number of hydrogen-bond acceptors (Lipinski definition) is 8. The van der Waals surface area contributed by atoms with E-state index in [1.54, 1.807) is 13.0 Å². The van der Waals surface area contributed by atoms with Gasteiger partial charge in [-0.15, -0.1) is 0 Å². The van der Waals surface area contributed by atoms with Crippen molar-refractivity contribution in [3.8, 4) is 23.0 Å². The largest absolute Gasteiger partial charge is 0.493 e. The van der Waals surface area contributed by atoms with Gasteiger partial charge in [-0.3, -0.25) is 0 Å². The third-order valence-corrected chi connectivity index (χ3v) is 3.31. The van der Waals surface area contributed by atoms with Crippen LogP contribution in [0.1, 0.15) is 12.5 Å². The van der Waals surface area contributed by atoms with E-state index in [1.807, 2.05) is 0 Å². The van der Waals surface area contributed by atoms with E-state index in [-0.39, 0.29) is 29.6 Å². The molecule has 140 valence electrons. The molecule has 0 bridgehead atoms. The second kappa shape index (κ2) is 9.51. The summed E-state index contributed by atoms with van der Waals surface area (Å²) in [5.41, 5.74) is 0.379. The third-order valence-electron chi connectivity index (χ3n) is 3.31. The van der Waals surface area contributed by atoms with E-state index in [0.29, 0.717) is 17.1 Å². The molecule has 0 atom stereocenters. The fourth-order valence-electron chi connectivity index (χ4n) is 2.29. The maximum Gasteiger partial charge on any atom is 0.377 e. The highest BCUT2D eigenvalue weighted by Crippen LogP contribution is 2.49. The van der Waals surface area contributed by atoms with Gasteiger partial charge in [0.15, 0.2) is 17.3 Å². The van der Waals surface area contributed by atoms with Gasteiger partial charge in [0.2, 0.25) is 17.3 Å². The van der Waals surface area contributed by atoms with Crippen LogP contribution >= 0.6 is 0 Å². The summed E-state index contributed by atoms with van der Waals surface area (Å²) >= 11 is 0. The minimum atomic E-state index is -0.669. The quantitative estimate of drug-likeness (QED) is 0.379. The summed E-state index contributed by atoms with van der Waals surface area (Å²) < 4.78 is 37.1. The molecule has 25 heavy (non-hydrogen) atoms. The van der Waals surface area contributed by atoms with Crippen LogP contribution < -0.4 is 18.9 Å². The van der Waals surface area contributed by atoms with Gasteiger partial charge in [-0.05, 0) is 13.0 Å². The molecule has 1 aromatic rings. The minimum absolute atomic E-state index is 0.108. The predicted molar refractivity (Wildman–Crippen MR) is 90.2 cm³/mol. The molecule has 0 heterocycles. The van der Waals surface area contributed by atoms with Crippen LogP contribution in [0.2, 0.25) is 0 Å². The molecule has 0 fully saturated rings. The Morgan fingerprint density at radius 3 is 1.84 bits per heavy atom. The Balaban J connectivity index is 3.80. The molecule has 0 amide bonds. The number of carbonyl (C=O) groups is 1. The first kappa shape index (κ1) is 20.3. The van der Waals surface area contributed by atoms with Crippen LogP contribution in [0.4, 0.5) is 0 Å². The van der Waals surface area contributed by atoms with Crippen molar-refractivity contribution in [3.05, 3.63) is 17.4 Å². The molecule has 0 radical (unpaired) electrons. The summed E-state index contributed by atoms with van der Waals surface area (Å²) in [6.45, 7) is 1.88. The van der Waals surface area contributed by atoms with Crippen molar-refractivity contribution >= 4 is 11.7 Å². The number of benzene rings is 1. The van der Waals surface area contributed by atoms with Gasteiger partial charge in [0.1, 0.15) is 0 Å². The molecule has 1 rings (SSSR count). The summed E-state index contributed by atoms with van der Waals surface area (Å²) in [7, 11) is 8.61. The van der Waals surface area contributed by atoms with Gasteiger partial charge in [-0.25, -0.2) is 4.79 Å². The zero-order valence-corrected chi connectivity index (χ0v) is 15.6. The molecule has 0 aliphatic heterocycles. The van der Waals surface area contributed by atoms with Crippen molar-refractivity contribution < 1.29 is 38.0 Å². The fraction of sp³-hybridized carbons (Fsp3) is 0.471. The first-order chi connectivity index (χ1) is 12.0. The summed E-state index contributed by atoms with van der Waals surface area (Å²) in [4.78, 5) is 12.2. The Morgan fingerprint density at radius 1 is 0.840 bits per heavy atom. The monoisotopic (exact) mass is 356 g/mol. The zero-order valence-electron chi connectivity index (χ0n) is 15.6. The lowest BCUT2D eigenvalue weighted by Crippen LogP contribution is -2.13. The molecule has 8 nitrogen and oxygen atoms in total. The maximum atomic E-state index is 12.2. The molecular formula is C17H24O8. The Hall–Kier alpha value is -2.77. The van der Waals surface area contributed by atoms with E-state index in [1.165, 1.54) is 42.7 Å². The summed E-state index contributed by atoms with van der Waals surface area (Å²) in [6, 6.07) is 1.59. The van der Waals surface area contributed by atoms with Gasteiger partial charge in [-0.1, -0.05) is 0 Å². The highest BCUT2D eigenvalue weighted by molar-refractivity contribution is 5.95. The molecular weight excluding hydrogens is 332 g/mol. The Bertz CT molecular complexity index is 636. The Labute approximate surface area is 147 Å². The molecule has 0 aromatic heterocycles. The summed E-state index contributed by atoms with van der Waals surface area (Å²) in [6.07, 6.45) is 0. The van der Waals surface area contributed by atoms with Crippen LogP contribution in [-0.2, 0) is 19.0 Å². The van der Waals surface area contributed by atoms with Crippen molar-refractivity contribution in [1.29, 1.82) is 0 Å². The fourth-order valence-corrected chi connectivity index (χ4v) is 2.29. The van der Waals surface area contributed by atoms with Crippen LogP contribution in [0.5, 0.6) is 23.0 Å². The topological polar surface area (TPSA) is 81.7 Å². The van der Waals surface area contributed by atoms with Crippen LogP contribution in [0, 0.1) is 0 Å². The van der Waals surface area contributed by atoms with Crippen molar-refractivity contribution in [1.82, 2.24) is 0 Å². The SMILES string of the molecule is CCOC(=O)C(OC)=C(OC)c1cc(OC)c(OC)c(OC)c1OC. The Morgan fingerprint density at radius 2 is 1.44 bits per heavy atom. The van der Waals surface area contributed by atoms with Crippen molar-refractivity contribution in [2.75, 3.05) is 49.3 Å². The maximum absolute atomic E-state index is 12.2. The molecule has 0 aliphatic rings. The van der Waals surface area contributed by atoms with Crippen LogP contribution in [0.15, 0.2) is 11.8 Å². The predicted octanol–water partition coefficient (Wildman–Crippen LogP) is 2.25. The first-order valence-corrected chi connectivity index (χ1v) is 7.41. The molecule has 0 saturated carbocycles. The smallest absolute Gasteiger partial charge is 0.377 e. The van der Waals surface area contributed by atoms with Crippen LogP contribution in [0.25, 0.3) is 5.76 Å². The number of esters is 1. The second-order valence-corrected chi connectivity index (χ2v) is 4.51. The average molecular weight is 356 g/mol. The van der Waals surface area contributed by atoms with E-state index >= 15 is 0 Å². The van der Waals surface area contributed by atoms with E-state index in [9.17, 15) is 4.79 Å². The third kappa shape index (κ3) is 4.01. The molecule has 0 aliphatic carbocycles. The van der Waals surface area contributed by atoms with Gasteiger partial charge >= 0.3 is 5.97 Å². The number of carbonyl (C=O) groups excluding carboxylic acids is 1. The lowest BCUT2D eigenvalue weighted by Gasteiger charge is -2.20. The molecule has 0 spiro atoms. The normalized spacial score (nSPS) is 11.2. The van der Waals surface area contributed by atoms with Gasteiger partial charge in [0.25, 0.3) is 0 Å². The van der Waals surface area contributed by atoms with Crippen LogP contribution in [0.3, 0.4) is 0 Å². The minimum Gasteiger partial charge on any atom is -0.493 e. The average Bonchev–Trinajstić information content (AvgIpc) is 2.63. The van der Waals surface area contributed by atoms with Gasteiger partial charge in [-0.2, -0.15) is 0 Å². The molecule has 0 N–H and O–H groups in total. The van der Waals surface area contributed by atoms with Crippen molar-refractivity contribution in [2.45, 2.75) is 6.92 Å². The van der Waals surface area contributed by atoms with Gasteiger partial charge in [0.05, 0.1) is 54.8 Å². The second-order valence-electron chi connectivity index (χ2n) is 4.51. The lowest BCUT2D eigenvalue weighted by molar-refractivity contribution is -0.142. The van der Waals surface area contributed by atoms with E-state index in [4.69, 9.17) is 33.2 Å². The highest BCUT2D eigenvalue weighted by Gasteiger charge is 2.28. The lowest BCUT2D eigenvalue weighted by atomic mass is 10.1. The standard InChI is InChI=1S/C17H24O8/c1-8-25-17(18)16(24-7)13(21-4)10-9-11(19-2)14(22-5)15(23-6)12(10)20-3/h9H,8H2,1-7H3. The number of hydrogen-bond donors (Lipinski definition) is 0. The van der Waals surface area contributed by atoms with Crippen molar-refractivity contribution in [3.63, 3.8) is 0 Å². The van der Waals surface area contributed by atoms with Crippen LogP contribution in [-0.4, -0.2) is 55.2 Å².